The van der Waals surface area contributed by atoms with Gasteiger partial charge in [0.15, 0.2) is 0 Å². The highest BCUT2D eigenvalue weighted by Crippen LogP contribution is 2.53. The zero-order chi connectivity index (χ0) is 24.7. The van der Waals surface area contributed by atoms with E-state index in [1.165, 1.54) is 22.5 Å². The van der Waals surface area contributed by atoms with Crippen LogP contribution in [0.3, 0.4) is 0 Å². The van der Waals surface area contributed by atoms with Crippen LogP contribution in [0.2, 0.25) is 0 Å². The van der Waals surface area contributed by atoms with E-state index in [1.807, 2.05) is 6.07 Å². The first kappa shape index (κ1) is 21.8. The molecule has 0 atom stereocenters. The molecule has 0 saturated heterocycles. The van der Waals surface area contributed by atoms with Gasteiger partial charge in [0.2, 0.25) is 0 Å². The maximum Gasteiger partial charge on any atom is 0.101 e. The second-order valence-corrected chi connectivity index (χ2v) is 9.62. The van der Waals surface area contributed by atoms with E-state index in [0.717, 1.165) is 27.9 Å². The molecule has 1 aliphatic rings. The lowest BCUT2D eigenvalue weighted by Gasteiger charge is -2.42. The fourth-order valence-corrected chi connectivity index (χ4v) is 5.41. The summed E-state index contributed by atoms with van der Waals surface area (Å²) >= 11 is 0. The van der Waals surface area contributed by atoms with Gasteiger partial charge < -0.3 is 4.90 Å². The van der Waals surface area contributed by atoms with Gasteiger partial charge in [-0.05, 0) is 46.5 Å². The van der Waals surface area contributed by atoms with Crippen LogP contribution < -0.4 is 4.90 Å². The molecule has 0 bridgehead atoms. The van der Waals surface area contributed by atoms with E-state index in [4.69, 9.17) is 0 Å². The standard InChI is InChI=1S/C33H25N3/c1-33(2)28-10-4-7-13-31(28)36(32-14-8-5-11-29(32)33)30-12-6-3-9-27(30)24-17-15-23(16-18-24)26-19-20-35-22-25(26)21-34/h3-20,22H,1-2H3. The highest BCUT2D eigenvalue weighted by atomic mass is 15.2. The Bertz CT molecular complexity index is 1570. The Hall–Kier alpha value is -4.68. The number of anilines is 3. The van der Waals surface area contributed by atoms with Crippen LogP contribution in [-0.4, -0.2) is 4.98 Å². The molecule has 3 nitrogen and oxygen atoms in total. The Balaban J connectivity index is 1.51. The van der Waals surface area contributed by atoms with Crippen molar-refractivity contribution in [2.45, 2.75) is 19.3 Å². The van der Waals surface area contributed by atoms with E-state index in [9.17, 15) is 5.26 Å². The lowest BCUT2D eigenvalue weighted by Crippen LogP contribution is -2.30. The average Bonchev–Trinajstić information content (AvgIpc) is 2.94. The predicted molar refractivity (Wildman–Crippen MR) is 147 cm³/mol. The molecule has 0 N–H and O–H groups in total. The third-order valence-electron chi connectivity index (χ3n) is 7.23. The van der Waals surface area contributed by atoms with Crippen LogP contribution >= 0.6 is 0 Å². The van der Waals surface area contributed by atoms with Gasteiger partial charge in [-0.3, -0.25) is 4.98 Å². The molecule has 5 aromatic rings. The summed E-state index contributed by atoms with van der Waals surface area (Å²) in [7, 11) is 0. The molecule has 0 unspecified atom stereocenters. The Morgan fingerprint density at radius 2 is 1.17 bits per heavy atom. The summed E-state index contributed by atoms with van der Waals surface area (Å²) in [6, 6.07) is 38.6. The fraction of sp³-hybridized carbons (Fsp3) is 0.0909. The summed E-state index contributed by atoms with van der Waals surface area (Å²) < 4.78 is 0. The first-order valence-electron chi connectivity index (χ1n) is 12.1. The number of aromatic nitrogens is 1. The SMILES string of the molecule is CC1(C)c2ccccc2N(c2ccccc2-c2ccc(-c3ccncc3C#N)cc2)c2ccccc21. The zero-order valence-corrected chi connectivity index (χ0v) is 20.3. The molecule has 36 heavy (non-hydrogen) atoms. The third-order valence-corrected chi connectivity index (χ3v) is 7.23. The van der Waals surface area contributed by atoms with Gasteiger partial charge in [-0.2, -0.15) is 5.26 Å². The predicted octanol–water partition coefficient (Wildman–Crippen LogP) is 8.40. The average molecular weight is 464 g/mol. The van der Waals surface area contributed by atoms with Gasteiger partial charge in [0.05, 0.1) is 22.6 Å². The Morgan fingerprint density at radius 3 is 1.78 bits per heavy atom. The summed E-state index contributed by atoms with van der Waals surface area (Å²) in [5, 5.41) is 9.49. The van der Waals surface area contributed by atoms with E-state index in [0.29, 0.717) is 5.56 Å². The van der Waals surface area contributed by atoms with Gasteiger partial charge in [-0.15, -0.1) is 0 Å². The van der Waals surface area contributed by atoms with Crippen molar-refractivity contribution in [2.75, 3.05) is 4.90 Å². The molecule has 0 amide bonds. The minimum absolute atomic E-state index is 0.0940. The molecule has 0 fully saturated rings. The number of nitriles is 1. The molecule has 0 radical (unpaired) electrons. The van der Waals surface area contributed by atoms with Gasteiger partial charge in [-0.25, -0.2) is 0 Å². The molecule has 3 heteroatoms. The van der Waals surface area contributed by atoms with Crippen LogP contribution in [0.25, 0.3) is 22.3 Å². The van der Waals surface area contributed by atoms with Crippen LogP contribution in [0, 0.1) is 11.3 Å². The van der Waals surface area contributed by atoms with E-state index < -0.39 is 0 Å². The number of rotatable bonds is 3. The minimum atomic E-state index is -0.0940. The monoisotopic (exact) mass is 463 g/mol. The minimum Gasteiger partial charge on any atom is -0.309 e. The van der Waals surface area contributed by atoms with Crippen molar-refractivity contribution < 1.29 is 0 Å². The van der Waals surface area contributed by atoms with Crippen molar-refractivity contribution in [1.29, 1.82) is 5.26 Å². The highest BCUT2D eigenvalue weighted by molar-refractivity contribution is 5.92. The maximum absolute atomic E-state index is 9.49. The van der Waals surface area contributed by atoms with Gasteiger partial charge in [0.1, 0.15) is 6.07 Å². The van der Waals surface area contributed by atoms with E-state index in [1.54, 1.807) is 12.4 Å². The number of para-hydroxylation sites is 3. The van der Waals surface area contributed by atoms with Crippen LogP contribution in [0.5, 0.6) is 0 Å². The molecule has 6 rings (SSSR count). The highest BCUT2D eigenvalue weighted by Gasteiger charge is 2.36. The molecule has 1 aliphatic heterocycles. The van der Waals surface area contributed by atoms with Crippen molar-refractivity contribution in [3.63, 3.8) is 0 Å². The second-order valence-electron chi connectivity index (χ2n) is 9.62. The van der Waals surface area contributed by atoms with Crippen molar-refractivity contribution in [2.24, 2.45) is 0 Å². The smallest absolute Gasteiger partial charge is 0.101 e. The maximum atomic E-state index is 9.49. The molecule has 2 heterocycles. The number of nitrogens with zero attached hydrogens (tertiary/aromatic N) is 3. The molecule has 0 saturated carbocycles. The summed E-state index contributed by atoms with van der Waals surface area (Å²) in [5.41, 5.74) is 10.9. The largest absolute Gasteiger partial charge is 0.309 e. The molecular weight excluding hydrogens is 438 g/mol. The molecule has 0 spiro atoms. The van der Waals surface area contributed by atoms with Gasteiger partial charge in [0, 0.05) is 28.9 Å². The zero-order valence-electron chi connectivity index (χ0n) is 20.3. The number of fused-ring (bicyclic) bond motifs is 2. The summed E-state index contributed by atoms with van der Waals surface area (Å²) in [6.07, 6.45) is 3.34. The normalized spacial score (nSPS) is 13.4. The lowest BCUT2D eigenvalue weighted by molar-refractivity contribution is 0.632. The first-order valence-corrected chi connectivity index (χ1v) is 12.1. The Morgan fingerprint density at radius 1 is 0.639 bits per heavy atom. The number of hydrogen-bond acceptors (Lipinski definition) is 3. The van der Waals surface area contributed by atoms with Crippen LogP contribution in [0.1, 0.15) is 30.5 Å². The quantitative estimate of drug-likeness (QED) is 0.270. The number of benzene rings is 4. The van der Waals surface area contributed by atoms with Gasteiger partial charge in [0.25, 0.3) is 0 Å². The van der Waals surface area contributed by atoms with Crippen LogP contribution in [0.15, 0.2) is 116 Å². The van der Waals surface area contributed by atoms with Gasteiger partial charge in [-0.1, -0.05) is 92.7 Å². The molecule has 4 aromatic carbocycles. The van der Waals surface area contributed by atoms with E-state index in [-0.39, 0.29) is 5.41 Å². The van der Waals surface area contributed by atoms with Gasteiger partial charge >= 0.3 is 0 Å². The molecular formula is C33H25N3. The molecule has 1 aromatic heterocycles. The van der Waals surface area contributed by atoms with Crippen molar-refractivity contribution in [1.82, 2.24) is 4.98 Å². The van der Waals surface area contributed by atoms with Crippen molar-refractivity contribution >= 4 is 17.1 Å². The van der Waals surface area contributed by atoms with E-state index >= 15 is 0 Å². The first-order chi connectivity index (χ1) is 17.6. The number of hydrogen-bond donors (Lipinski definition) is 0. The Labute approximate surface area is 211 Å². The second kappa shape index (κ2) is 8.52. The van der Waals surface area contributed by atoms with Crippen molar-refractivity contribution in [3.8, 4) is 28.3 Å². The van der Waals surface area contributed by atoms with Crippen LogP contribution in [0.4, 0.5) is 17.1 Å². The van der Waals surface area contributed by atoms with E-state index in [2.05, 4.69) is 127 Å². The third kappa shape index (κ3) is 3.39. The molecule has 172 valence electrons. The topological polar surface area (TPSA) is 39.9 Å². The molecule has 0 aliphatic carbocycles. The lowest BCUT2D eigenvalue weighted by atomic mass is 9.73. The Kier molecular flexibility index (Phi) is 5.16. The number of pyridine rings is 1. The summed E-state index contributed by atoms with van der Waals surface area (Å²) in [6.45, 7) is 4.61. The van der Waals surface area contributed by atoms with Crippen molar-refractivity contribution in [3.05, 3.63) is 132 Å². The fourth-order valence-electron chi connectivity index (χ4n) is 5.41. The summed E-state index contributed by atoms with van der Waals surface area (Å²) in [5.74, 6) is 0. The van der Waals surface area contributed by atoms with Crippen LogP contribution in [-0.2, 0) is 5.41 Å². The summed E-state index contributed by atoms with van der Waals surface area (Å²) in [4.78, 5) is 6.49.